The Labute approximate surface area is 190 Å². The fourth-order valence-electron chi connectivity index (χ4n) is 3.86. The first-order valence-electron chi connectivity index (χ1n) is 9.85. The van der Waals surface area contributed by atoms with E-state index >= 15 is 0 Å². The summed E-state index contributed by atoms with van der Waals surface area (Å²) in [5.41, 5.74) is 1.45. The summed E-state index contributed by atoms with van der Waals surface area (Å²) in [5.74, 6) is 0.312. The Morgan fingerprint density at radius 2 is 1.78 bits per heavy atom. The van der Waals surface area contributed by atoms with E-state index in [-0.39, 0.29) is 28.6 Å². The number of fused-ring (bicyclic) bond motifs is 1. The van der Waals surface area contributed by atoms with Crippen LogP contribution < -0.4 is 14.4 Å². The van der Waals surface area contributed by atoms with Gasteiger partial charge in [-0.15, -0.1) is 0 Å². The second-order valence-electron chi connectivity index (χ2n) is 7.55. The Morgan fingerprint density at radius 1 is 1.03 bits per heavy atom. The zero-order valence-corrected chi connectivity index (χ0v) is 19.4. The first-order valence-corrected chi connectivity index (χ1v) is 12.5. The van der Waals surface area contributed by atoms with E-state index in [1.54, 1.807) is 47.4 Å². The quantitative estimate of drug-likeness (QED) is 0.610. The molecule has 4 rings (SSSR count). The molecule has 1 amide bonds. The summed E-state index contributed by atoms with van der Waals surface area (Å²) in [5, 5.41) is 0.174. The van der Waals surface area contributed by atoms with Crippen LogP contribution in [0.1, 0.15) is 27.6 Å². The fraction of sp³-hybridized carbons (Fsp3) is 0.318. The molecule has 0 N–H and O–H groups in total. The summed E-state index contributed by atoms with van der Waals surface area (Å²) in [6.07, 6.45) is 0. The van der Waals surface area contributed by atoms with Gasteiger partial charge < -0.3 is 14.4 Å². The van der Waals surface area contributed by atoms with Gasteiger partial charge in [-0.05, 0) is 37.3 Å². The average Bonchev–Trinajstić information content (AvgIpc) is 3.23. The van der Waals surface area contributed by atoms with E-state index in [1.165, 1.54) is 32.9 Å². The van der Waals surface area contributed by atoms with Gasteiger partial charge in [-0.2, -0.15) is 4.99 Å². The minimum absolute atomic E-state index is 0.0226. The summed E-state index contributed by atoms with van der Waals surface area (Å²) in [4.78, 5) is 30.9. The number of rotatable bonds is 5. The van der Waals surface area contributed by atoms with E-state index in [4.69, 9.17) is 9.47 Å². The van der Waals surface area contributed by atoms with Crippen LogP contribution in [0.15, 0.2) is 47.5 Å². The first-order chi connectivity index (χ1) is 15.2. The van der Waals surface area contributed by atoms with Gasteiger partial charge in [0, 0.05) is 22.1 Å². The number of hydrogen-bond donors (Lipinski definition) is 0. The third-order valence-corrected chi connectivity index (χ3v) is 8.63. The molecule has 0 spiro atoms. The van der Waals surface area contributed by atoms with E-state index in [0.717, 1.165) is 0 Å². The van der Waals surface area contributed by atoms with Gasteiger partial charge in [-0.1, -0.05) is 23.9 Å². The molecule has 0 bridgehead atoms. The van der Waals surface area contributed by atoms with Gasteiger partial charge in [0.1, 0.15) is 0 Å². The molecule has 168 valence electrons. The molecule has 8 nitrogen and oxygen atoms in total. The van der Waals surface area contributed by atoms with Crippen molar-refractivity contribution < 1.29 is 27.5 Å². The van der Waals surface area contributed by atoms with Crippen molar-refractivity contribution in [2.45, 2.75) is 18.2 Å². The second-order valence-corrected chi connectivity index (χ2v) is 10.9. The normalized spacial score (nSPS) is 22.6. The summed E-state index contributed by atoms with van der Waals surface area (Å²) in [6, 6.07) is 11.3. The lowest BCUT2D eigenvalue weighted by Crippen LogP contribution is -2.37. The molecular formula is C22H22N2O6S2. The molecule has 10 heteroatoms. The van der Waals surface area contributed by atoms with Gasteiger partial charge in [-0.25, -0.2) is 8.42 Å². The van der Waals surface area contributed by atoms with Gasteiger partial charge in [0.15, 0.2) is 32.3 Å². The van der Waals surface area contributed by atoms with Crippen LogP contribution in [-0.4, -0.2) is 62.3 Å². The summed E-state index contributed by atoms with van der Waals surface area (Å²) < 4.78 is 35.0. The highest BCUT2D eigenvalue weighted by Crippen LogP contribution is 2.41. The first kappa shape index (κ1) is 22.3. The maximum atomic E-state index is 13.0. The second kappa shape index (κ2) is 8.59. The maximum absolute atomic E-state index is 13.0. The molecule has 0 saturated carbocycles. The number of hydrogen-bond acceptors (Lipinski definition) is 7. The molecule has 0 aromatic heterocycles. The lowest BCUT2D eigenvalue weighted by molar-refractivity contribution is 0.0998. The monoisotopic (exact) mass is 474 g/mol. The topological polar surface area (TPSA) is 102 Å². The van der Waals surface area contributed by atoms with Crippen LogP contribution in [0.5, 0.6) is 11.5 Å². The molecule has 2 atom stereocenters. The van der Waals surface area contributed by atoms with Gasteiger partial charge in [0.05, 0.1) is 31.8 Å². The van der Waals surface area contributed by atoms with Crippen LogP contribution >= 0.6 is 11.8 Å². The number of carbonyl (C=O) groups is 2. The molecule has 2 aliphatic heterocycles. The van der Waals surface area contributed by atoms with Gasteiger partial charge in [-0.3, -0.25) is 9.59 Å². The smallest absolute Gasteiger partial charge is 0.279 e. The minimum Gasteiger partial charge on any atom is -0.493 e. The highest BCUT2D eigenvalue weighted by atomic mass is 32.2. The third-order valence-electron chi connectivity index (χ3n) is 5.43. The highest BCUT2D eigenvalue weighted by molar-refractivity contribution is 8.16. The predicted molar refractivity (Wildman–Crippen MR) is 124 cm³/mol. The van der Waals surface area contributed by atoms with Crippen molar-refractivity contribution in [3.8, 4) is 11.5 Å². The maximum Gasteiger partial charge on any atom is 0.279 e. The van der Waals surface area contributed by atoms with E-state index in [0.29, 0.717) is 33.5 Å². The van der Waals surface area contributed by atoms with Crippen molar-refractivity contribution in [2.75, 3.05) is 30.6 Å². The van der Waals surface area contributed by atoms with Crippen LogP contribution in [0.2, 0.25) is 0 Å². The van der Waals surface area contributed by atoms with Crippen LogP contribution in [0.4, 0.5) is 5.69 Å². The number of ether oxygens (including phenoxy) is 2. The van der Waals surface area contributed by atoms with Crippen LogP contribution in [0, 0.1) is 0 Å². The lowest BCUT2D eigenvalue weighted by Gasteiger charge is -2.24. The number of benzene rings is 2. The number of methoxy groups -OCH3 is 2. The van der Waals surface area contributed by atoms with Crippen molar-refractivity contribution in [2.24, 2.45) is 4.99 Å². The molecule has 2 aromatic carbocycles. The van der Waals surface area contributed by atoms with Gasteiger partial charge >= 0.3 is 0 Å². The number of amidine groups is 1. The average molecular weight is 475 g/mol. The standard InChI is InChI=1S/C22H22N2O6S2/c1-13(25)14-5-4-6-16(9-14)24-17-11-32(27,28)12-20(17)31-22(24)23-21(26)15-7-8-18(29-2)19(10-15)30-3/h4-10,17,20H,11-12H2,1-3H3/t17-,20-/m1/s1. The number of ketones is 1. The number of sulfone groups is 1. The van der Waals surface area contributed by atoms with Gasteiger partial charge in [0.2, 0.25) is 0 Å². The number of anilines is 1. The number of thioether (sulfide) groups is 1. The molecule has 2 fully saturated rings. The van der Waals surface area contributed by atoms with Crippen molar-refractivity contribution in [1.82, 2.24) is 0 Å². The van der Waals surface area contributed by atoms with Crippen LogP contribution in [0.3, 0.4) is 0 Å². The molecular weight excluding hydrogens is 452 g/mol. The van der Waals surface area contributed by atoms with E-state index in [2.05, 4.69) is 4.99 Å². The zero-order chi connectivity index (χ0) is 23.0. The van der Waals surface area contributed by atoms with Crippen molar-refractivity contribution >= 4 is 44.1 Å². The fourth-order valence-corrected chi connectivity index (χ4v) is 7.77. The molecule has 0 unspecified atom stereocenters. The molecule has 0 aliphatic carbocycles. The highest BCUT2D eigenvalue weighted by Gasteiger charge is 2.49. The summed E-state index contributed by atoms with van der Waals surface area (Å²) in [7, 11) is -0.203. The van der Waals surface area contributed by atoms with Crippen molar-refractivity contribution in [1.29, 1.82) is 0 Å². The Balaban J connectivity index is 1.73. The van der Waals surface area contributed by atoms with Crippen LogP contribution in [-0.2, 0) is 9.84 Å². The number of aliphatic imine (C=N–C) groups is 1. The lowest BCUT2D eigenvalue weighted by atomic mass is 10.1. The van der Waals surface area contributed by atoms with E-state index in [9.17, 15) is 18.0 Å². The largest absolute Gasteiger partial charge is 0.493 e. The number of Topliss-reactive ketones (excluding diaryl/α,β-unsaturated/α-hetero) is 1. The Kier molecular flexibility index (Phi) is 6.00. The van der Waals surface area contributed by atoms with Crippen LogP contribution in [0.25, 0.3) is 0 Å². The molecule has 32 heavy (non-hydrogen) atoms. The third kappa shape index (κ3) is 4.24. The summed E-state index contributed by atoms with van der Waals surface area (Å²) in [6.45, 7) is 1.47. The predicted octanol–water partition coefficient (Wildman–Crippen LogP) is 2.82. The number of nitrogens with zero attached hydrogens (tertiary/aromatic N) is 2. The Hall–Kier alpha value is -2.85. The number of amides is 1. The number of carbonyl (C=O) groups excluding carboxylic acids is 2. The van der Waals surface area contributed by atoms with Crippen molar-refractivity contribution in [3.05, 3.63) is 53.6 Å². The van der Waals surface area contributed by atoms with Gasteiger partial charge in [0.25, 0.3) is 5.91 Å². The Morgan fingerprint density at radius 3 is 2.47 bits per heavy atom. The van der Waals surface area contributed by atoms with Crippen molar-refractivity contribution in [3.63, 3.8) is 0 Å². The zero-order valence-electron chi connectivity index (χ0n) is 17.8. The molecule has 2 saturated heterocycles. The summed E-state index contributed by atoms with van der Waals surface area (Å²) >= 11 is 1.28. The SMILES string of the molecule is COc1ccc(C(=O)N=C2S[C@@H]3CS(=O)(=O)C[C@H]3N2c2cccc(C(C)=O)c2)cc1OC. The molecule has 2 aliphatic rings. The molecule has 0 radical (unpaired) electrons. The molecule has 2 aromatic rings. The van der Waals surface area contributed by atoms with E-state index in [1.807, 2.05) is 0 Å². The Bertz CT molecular complexity index is 1220. The molecule has 2 heterocycles. The minimum atomic E-state index is -3.19. The van der Waals surface area contributed by atoms with E-state index < -0.39 is 15.7 Å².